The monoisotopic (exact) mass is 261 g/mol. The number of benzene rings is 1. The molecule has 19 heavy (non-hydrogen) atoms. The number of carbonyl (C=O) groups is 1. The number of ketones is 1. The zero-order valence-corrected chi connectivity index (χ0v) is 11.5. The van der Waals surface area contributed by atoms with Gasteiger partial charge in [-0.15, -0.1) is 0 Å². The minimum absolute atomic E-state index is 0.194. The van der Waals surface area contributed by atoms with Crippen molar-refractivity contribution in [2.24, 2.45) is 0 Å². The highest BCUT2D eigenvalue weighted by molar-refractivity contribution is 5.87. The van der Waals surface area contributed by atoms with Crippen LogP contribution in [0.5, 0.6) is 0 Å². The van der Waals surface area contributed by atoms with Crippen LogP contribution >= 0.6 is 0 Å². The number of hydrogen-bond donors (Lipinski definition) is 0. The number of hydrogen-bond acceptors (Lipinski definition) is 2. The Hall–Kier alpha value is -1.22. The van der Waals surface area contributed by atoms with Crippen molar-refractivity contribution in [3.63, 3.8) is 0 Å². The number of carbonyl (C=O) groups excluding carboxylic acids is 1. The molecule has 102 valence electrons. The standard InChI is InChI=1S/C16H20FNO/c1-11(19)16-8-7-15(18(16)2)9-13(10-16)12-3-5-14(17)6-4-12/h3-6,13,15H,7-10H2,1-2H3. The zero-order chi connectivity index (χ0) is 13.6. The molecule has 0 aliphatic carbocycles. The van der Waals surface area contributed by atoms with E-state index >= 15 is 0 Å². The number of nitrogens with zero attached hydrogens (tertiary/aromatic N) is 1. The predicted octanol–water partition coefficient (Wildman–Crippen LogP) is 3.13. The van der Waals surface area contributed by atoms with Gasteiger partial charge >= 0.3 is 0 Å². The van der Waals surface area contributed by atoms with Crippen molar-refractivity contribution in [1.29, 1.82) is 0 Å². The molecule has 0 radical (unpaired) electrons. The molecule has 3 heteroatoms. The van der Waals surface area contributed by atoms with E-state index in [1.54, 1.807) is 6.92 Å². The molecular weight excluding hydrogens is 241 g/mol. The van der Waals surface area contributed by atoms with Crippen LogP contribution in [0.1, 0.15) is 44.1 Å². The molecule has 2 heterocycles. The van der Waals surface area contributed by atoms with Crippen LogP contribution in [0.4, 0.5) is 4.39 Å². The molecule has 2 aliphatic rings. The second kappa shape index (κ2) is 4.41. The Morgan fingerprint density at radius 3 is 2.68 bits per heavy atom. The van der Waals surface area contributed by atoms with Gasteiger partial charge in [0, 0.05) is 6.04 Å². The average Bonchev–Trinajstić information content (AvgIpc) is 2.61. The van der Waals surface area contributed by atoms with Crippen LogP contribution in [-0.2, 0) is 4.79 Å². The Kier molecular flexibility index (Phi) is 2.97. The Morgan fingerprint density at radius 2 is 2.05 bits per heavy atom. The number of rotatable bonds is 2. The third kappa shape index (κ3) is 1.91. The van der Waals surface area contributed by atoms with E-state index in [0.29, 0.717) is 12.0 Å². The lowest BCUT2D eigenvalue weighted by molar-refractivity contribution is -0.129. The second-order valence-corrected chi connectivity index (χ2v) is 6.08. The smallest absolute Gasteiger partial charge is 0.150 e. The Bertz CT molecular complexity index is 498. The van der Waals surface area contributed by atoms with Crippen molar-refractivity contribution < 1.29 is 9.18 Å². The van der Waals surface area contributed by atoms with Gasteiger partial charge in [-0.3, -0.25) is 9.69 Å². The first kappa shape index (κ1) is 12.8. The van der Waals surface area contributed by atoms with Crippen LogP contribution in [0.3, 0.4) is 0 Å². The van der Waals surface area contributed by atoms with Crippen molar-refractivity contribution in [2.75, 3.05) is 7.05 Å². The van der Waals surface area contributed by atoms with Crippen molar-refractivity contribution >= 4 is 5.78 Å². The lowest BCUT2D eigenvalue weighted by atomic mass is 9.76. The van der Waals surface area contributed by atoms with Gasteiger partial charge in [0.05, 0.1) is 5.54 Å². The molecule has 2 aliphatic heterocycles. The Labute approximate surface area is 113 Å². The van der Waals surface area contributed by atoms with Crippen molar-refractivity contribution in [2.45, 2.75) is 50.1 Å². The lowest BCUT2D eigenvalue weighted by Gasteiger charge is -2.44. The molecule has 3 rings (SSSR count). The third-order valence-electron chi connectivity index (χ3n) is 5.25. The molecule has 2 bridgehead atoms. The maximum atomic E-state index is 13.0. The van der Waals surface area contributed by atoms with E-state index in [0.717, 1.165) is 25.7 Å². The average molecular weight is 261 g/mol. The van der Waals surface area contributed by atoms with Gasteiger partial charge in [-0.25, -0.2) is 4.39 Å². The normalized spacial score (nSPS) is 34.5. The van der Waals surface area contributed by atoms with Crippen LogP contribution in [0.15, 0.2) is 24.3 Å². The Morgan fingerprint density at radius 1 is 1.37 bits per heavy atom. The fourth-order valence-electron chi connectivity index (χ4n) is 4.02. The van der Waals surface area contributed by atoms with Crippen LogP contribution in [0.2, 0.25) is 0 Å². The molecule has 0 saturated carbocycles. The summed E-state index contributed by atoms with van der Waals surface area (Å²) >= 11 is 0. The maximum Gasteiger partial charge on any atom is 0.150 e. The molecular formula is C16H20FNO. The first-order valence-corrected chi connectivity index (χ1v) is 7.02. The summed E-state index contributed by atoms with van der Waals surface area (Å²) in [6.45, 7) is 1.71. The van der Waals surface area contributed by atoms with E-state index in [9.17, 15) is 9.18 Å². The number of piperidine rings is 1. The first-order chi connectivity index (χ1) is 9.03. The van der Waals surface area contributed by atoms with Gasteiger partial charge in [-0.2, -0.15) is 0 Å². The molecule has 3 unspecified atom stereocenters. The van der Waals surface area contributed by atoms with Crippen LogP contribution in [0.25, 0.3) is 0 Å². The number of fused-ring (bicyclic) bond motifs is 2. The van der Waals surface area contributed by atoms with E-state index in [1.807, 2.05) is 12.1 Å². The minimum atomic E-state index is -0.276. The molecule has 0 amide bonds. The molecule has 0 aromatic heterocycles. The molecule has 2 fully saturated rings. The summed E-state index contributed by atoms with van der Waals surface area (Å²) in [6.07, 6.45) is 4.03. The quantitative estimate of drug-likeness (QED) is 0.815. The van der Waals surface area contributed by atoms with Gasteiger partial charge in [0.25, 0.3) is 0 Å². The van der Waals surface area contributed by atoms with Gasteiger partial charge in [-0.05, 0) is 63.3 Å². The van der Waals surface area contributed by atoms with Crippen molar-refractivity contribution in [3.8, 4) is 0 Å². The van der Waals surface area contributed by atoms with Crippen molar-refractivity contribution in [1.82, 2.24) is 4.90 Å². The lowest BCUT2D eigenvalue weighted by Crippen LogP contribution is -2.54. The van der Waals surface area contributed by atoms with Crippen LogP contribution < -0.4 is 0 Å². The number of halogens is 1. The summed E-state index contributed by atoms with van der Waals surface area (Å²) in [4.78, 5) is 14.4. The molecule has 1 aromatic rings. The summed E-state index contributed by atoms with van der Waals surface area (Å²) in [6, 6.07) is 7.29. The van der Waals surface area contributed by atoms with E-state index in [-0.39, 0.29) is 17.1 Å². The minimum Gasteiger partial charge on any atom is -0.298 e. The highest BCUT2D eigenvalue weighted by Gasteiger charge is 2.52. The maximum absolute atomic E-state index is 13.0. The third-order valence-corrected chi connectivity index (χ3v) is 5.25. The summed E-state index contributed by atoms with van der Waals surface area (Å²) < 4.78 is 13.0. The molecule has 1 aromatic carbocycles. The van der Waals surface area contributed by atoms with E-state index in [4.69, 9.17) is 0 Å². The SMILES string of the molecule is CC(=O)C12CCC(CC(c3ccc(F)cc3)C1)N2C. The van der Waals surface area contributed by atoms with Crippen LogP contribution in [0, 0.1) is 5.82 Å². The van der Waals surface area contributed by atoms with Gasteiger partial charge in [-0.1, -0.05) is 12.1 Å². The molecule has 2 saturated heterocycles. The van der Waals surface area contributed by atoms with Crippen molar-refractivity contribution in [3.05, 3.63) is 35.6 Å². The summed E-state index contributed by atoms with van der Waals surface area (Å²) in [7, 11) is 2.08. The van der Waals surface area contributed by atoms with E-state index in [1.165, 1.54) is 17.7 Å². The molecule has 0 spiro atoms. The fraction of sp³-hybridized carbons (Fsp3) is 0.562. The van der Waals surface area contributed by atoms with Gasteiger partial charge in [0.15, 0.2) is 0 Å². The van der Waals surface area contributed by atoms with Crippen LogP contribution in [-0.4, -0.2) is 29.3 Å². The fourth-order valence-corrected chi connectivity index (χ4v) is 4.02. The summed E-state index contributed by atoms with van der Waals surface area (Å²) in [5.74, 6) is 0.471. The topological polar surface area (TPSA) is 20.3 Å². The zero-order valence-electron chi connectivity index (χ0n) is 11.5. The van der Waals surface area contributed by atoms with E-state index in [2.05, 4.69) is 11.9 Å². The highest BCUT2D eigenvalue weighted by atomic mass is 19.1. The second-order valence-electron chi connectivity index (χ2n) is 6.08. The summed E-state index contributed by atoms with van der Waals surface area (Å²) in [5.41, 5.74) is 0.897. The van der Waals surface area contributed by atoms with Gasteiger partial charge in [0.2, 0.25) is 0 Å². The van der Waals surface area contributed by atoms with Gasteiger partial charge in [0.1, 0.15) is 11.6 Å². The molecule has 0 N–H and O–H groups in total. The summed E-state index contributed by atoms with van der Waals surface area (Å²) in [5, 5.41) is 0. The largest absolute Gasteiger partial charge is 0.298 e. The first-order valence-electron chi connectivity index (χ1n) is 7.02. The number of Topliss-reactive ketones (excluding diaryl/α,β-unsaturated/α-hetero) is 1. The highest BCUT2D eigenvalue weighted by Crippen LogP contribution is 2.49. The van der Waals surface area contributed by atoms with E-state index < -0.39 is 0 Å². The molecule has 2 nitrogen and oxygen atoms in total. The number of likely N-dealkylation sites (N-methyl/N-ethyl adjacent to an activating group) is 1. The Balaban J connectivity index is 1.91. The van der Waals surface area contributed by atoms with Gasteiger partial charge < -0.3 is 0 Å². The predicted molar refractivity (Wildman–Crippen MR) is 72.6 cm³/mol. The molecule has 3 atom stereocenters.